The van der Waals surface area contributed by atoms with Gasteiger partial charge in [-0.05, 0) is 74.3 Å². The molecule has 0 radical (unpaired) electrons. The summed E-state index contributed by atoms with van der Waals surface area (Å²) in [5.41, 5.74) is 0.910. The molecule has 0 aromatic heterocycles. The van der Waals surface area contributed by atoms with Gasteiger partial charge in [0.1, 0.15) is 17.6 Å². The molecule has 1 aliphatic carbocycles. The van der Waals surface area contributed by atoms with E-state index < -0.39 is 0 Å². The second-order valence-electron chi connectivity index (χ2n) is 9.36. The van der Waals surface area contributed by atoms with Crippen LogP contribution >= 0.6 is 24.6 Å². The third-order valence-electron chi connectivity index (χ3n) is 7.24. The first-order chi connectivity index (χ1) is 17.6. The zero-order chi connectivity index (χ0) is 25.3. The van der Waals surface area contributed by atoms with Gasteiger partial charge in [-0.15, -0.1) is 12.4 Å². The zero-order valence-electron chi connectivity index (χ0n) is 21.9. The number of rotatable bonds is 10. The third kappa shape index (κ3) is 7.79. The summed E-state index contributed by atoms with van der Waals surface area (Å²) >= 11 is 5.56. The van der Waals surface area contributed by atoms with Crippen LogP contribution in [0.25, 0.3) is 0 Å². The number of nitrogens with zero attached hydrogens (tertiary/aromatic N) is 1. The van der Waals surface area contributed by atoms with Crippen molar-refractivity contribution in [3.63, 3.8) is 0 Å². The van der Waals surface area contributed by atoms with Crippen molar-refractivity contribution in [1.29, 1.82) is 0 Å². The highest BCUT2D eigenvalue weighted by atomic mass is 35.5. The lowest BCUT2D eigenvalue weighted by atomic mass is 9.76. The SMILES string of the molecule is COc1ccc(NC(=S)O[C@H]2CCN(CCCOc3ccc(OC)c(OC)c3)C3CCCC[C@H]32)cc1.Cl. The van der Waals surface area contributed by atoms with Gasteiger partial charge in [0.2, 0.25) is 0 Å². The Morgan fingerprint density at radius 1 is 0.919 bits per heavy atom. The quantitative estimate of drug-likeness (QED) is 0.288. The highest BCUT2D eigenvalue weighted by molar-refractivity contribution is 7.80. The maximum Gasteiger partial charge on any atom is 0.261 e. The van der Waals surface area contributed by atoms with E-state index >= 15 is 0 Å². The molecule has 0 bridgehead atoms. The predicted molar refractivity (Wildman–Crippen MR) is 153 cm³/mol. The fourth-order valence-electron chi connectivity index (χ4n) is 5.45. The fourth-order valence-corrected chi connectivity index (χ4v) is 5.69. The van der Waals surface area contributed by atoms with Crippen molar-refractivity contribution in [2.75, 3.05) is 46.3 Å². The smallest absolute Gasteiger partial charge is 0.261 e. The van der Waals surface area contributed by atoms with Crippen LogP contribution in [0.4, 0.5) is 5.69 Å². The number of piperidine rings is 1. The van der Waals surface area contributed by atoms with Crippen molar-refractivity contribution in [1.82, 2.24) is 4.90 Å². The van der Waals surface area contributed by atoms with Crippen molar-refractivity contribution >= 4 is 35.5 Å². The van der Waals surface area contributed by atoms with Gasteiger partial charge in [0, 0.05) is 36.8 Å². The summed E-state index contributed by atoms with van der Waals surface area (Å²) in [6.45, 7) is 2.71. The summed E-state index contributed by atoms with van der Waals surface area (Å²) in [4.78, 5) is 2.64. The van der Waals surface area contributed by atoms with Crippen molar-refractivity contribution in [3.8, 4) is 23.0 Å². The molecule has 1 unspecified atom stereocenters. The monoisotopic (exact) mass is 550 g/mol. The molecule has 2 aromatic carbocycles. The maximum absolute atomic E-state index is 6.31. The molecule has 2 fully saturated rings. The first-order valence-electron chi connectivity index (χ1n) is 12.8. The number of fused-ring (bicyclic) bond motifs is 1. The van der Waals surface area contributed by atoms with Gasteiger partial charge in [0.25, 0.3) is 5.17 Å². The minimum Gasteiger partial charge on any atom is -0.497 e. The van der Waals surface area contributed by atoms with Gasteiger partial charge in [0.15, 0.2) is 11.5 Å². The van der Waals surface area contributed by atoms with Gasteiger partial charge in [-0.2, -0.15) is 0 Å². The molecule has 1 N–H and O–H groups in total. The minimum atomic E-state index is 0. The van der Waals surface area contributed by atoms with Crippen molar-refractivity contribution in [3.05, 3.63) is 42.5 Å². The van der Waals surface area contributed by atoms with E-state index in [1.165, 1.54) is 25.7 Å². The van der Waals surface area contributed by atoms with E-state index in [9.17, 15) is 0 Å². The number of ether oxygens (including phenoxy) is 5. The highest BCUT2D eigenvalue weighted by Crippen LogP contribution is 2.37. The summed E-state index contributed by atoms with van der Waals surface area (Å²) in [5.74, 6) is 3.51. The molecule has 4 rings (SSSR count). The van der Waals surface area contributed by atoms with Crippen LogP contribution in [0, 0.1) is 5.92 Å². The number of nitrogens with one attached hydrogen (secondary N) is 1. The van der Waals surface area contributed by atoms with E-state index in [1.54, 1.807) is 21.3 Å². The number of benzene rings is 2. The van der Waals surface area contributed by atoms with Gasteiger partial charge < -0.3 is 29.0 Å². The second-order valence-corrected chi connectivity index (χ2v) is 9.73. The first-order valence-corrected chi connectivity index (χ1v) is 13.2. The van der Waals surface area contributed by atoms with Crippen LogP contribution in [0.3, 0.4) is 0 Å². The van der Waals surface area contributed by atoms with Crippen LogP contribution in [-0.4, -0.2) is 63.2 Å². The molecule has 1 aliphatic heterocycles. The van der Waals surface area contributed by atoms with Crippen molar-refractivity contribution in [2.45, 2.75) is 50.7 Å². The van der Waals surface area contributed by atoms with E-state index in [4.69, 9.17) is 35.9 Å². The fraction of sp³-hybridized carbons (Fsp3) is 0.536. The Bertz CT molecular complexity index is 993. The van der Waals surface area contributed by atoms with Gasteiger partial charge in [-0.3, -0.25) is 4.90 Å². The number of hydrogen-bond donors (Lipinski definition) is 1. The standard InChI is InChI=1S/C28H38N2O5S.ClH/c1-31-21-11-9-20(10-12-21)29-28(36)35-25-15-17-30(24-8-5-4-7-23(24)25)16-6-18-34-22-13-14-26(32-2)27(19-22)33-3;/h9-14,19,23-25H,4-8,15-18H2,1-3H3,(H,29,36);1H/t23-,24?,25+;/m1./s1. The molecule has 1 saturated carbocycles. The maximum atomic E-state index is 6.31. The zero-order valence-corrected chi connectivity index (χ0v) is 23.6. The number of hydrogen-bond acceptors (Lipinski definition) is 7. The van der Waals surface area contributed by atoms with E-state index in [0.29, 0.717) is 35.2 Å². The van der Waals surface area contributed by atoms with E-state index in [0.717, 1.165) is 43.1 Å². The lowest BCUT2D eigenvalue weighted by molar-refractivity contribution is -0.0288. The Hall–Kier alpha value is -2.42. The van der Waals surface area contributed by atoms with Crippen LogP contribution in [0.2, 0.25) is 0 Å². The Labute approximate surface area is 232 Å². The molecular formula is C28H39ClN2O5S. The highest BCUT2D eigenvalue weighted by Gasteiger charge is 2.40. The van der Waals surface area contributed by atoms with Gasteiger partial charge >= 0.3 is 0 Å². The number of thiocarbonyl (C=S) groups is 1. The van der Waals surface area contributed by atoms with Gasteiger partial charge in [0.05, 0.1) is 27.9 Å². The molecule has 0 amide bonds. The molecule has 7 nitrogen and oxygen atoms in total. The van der Waals surface area contributed by atoms with E-state index in [2.05, 4.69) is 10.2 Å². The molecular weight excluding hydrogens is 512 g/mol. The first kappa shape index (κ1) is 29.1. The van der Waals surface area contributed by atoms with Gasteiger partial charge in [-0.25, -0.2) is 0 Å². The average Bonchev–Trinajstić information content (AvgIpc) is 2.92. The lowest BCUT2D eigenvalue weighted by Gasteiger charge is -2.47. The summed E-state index contributed by atoms with van der Waals surface area (Å²) in [5, 5.41) is 3.68. The van der Waals surface area contributed by atoms with Crippen LogP contribution in [-0.2, 0) is 4.74 Å². The summed E-state index contributed by atoms with van der Waals surface area (Å²) < 4.78 is 28.2. The molecule has 1 heterocycles. The van der Waals surface area contributed by atoms with Crippen LogP contribution < -0.4 is 24.3 Å². The Kier molecular flexibility index (Phi) is 11.4. The molecule has 3 atom stereocenters. The lowest BCUT2D eigenvalue weighted by Crippen LogP contribution is -2.54. The minimum absolute atomic E-state index is 0. The van der Waals surface area contributed by atoms with Crippen LogP contribution in [0.5, 0.6) is 23.0 Å². The molecule has 0 spiro atoms. The molecule has 9 heteroatoms. The Morgan fingerprint density at radius 3 is 2.38 bits per heavy atom. The predicted octanol–water partition coefficient (Wildman–Crippen LogP) is 5.95. The van der Waals surface area contributed by atoms with E-state index in [-0.39, 0.29) is 18.5 Å². The molecule has 2 aromatic rings. The summed E-state index contributed by atoms with van der Waals surface area (Å²) in [7, 11) is 4.93. The number of halogens is 1. The topological polar surface area (TPSA) is 61.4 Å². The average molecular weight is 551 g/mol. The molecule has 1 saturated heterocycles. The van der Waals surface area contributed by atoms with Crippen LogP contribution in [0.15, 0.2) is 42.5 Å². The molecule has 37 heavy (non-hydrogen) atoms. The molecule has 2 aliphatic rings. The normalized spacial score (nSPS) is 21.1. The largest absolute Gasteiger partial charge is 0.497 e. The second kappa shape index (κ2) is 14.5. The summed E-state index contributed by atoms with van der Waals surface area (Å²) in [6, 6.07) is 13.9. The van der Waals surface area contributed by atoms with Gasteiger partial charge in [-0.1, -0.05) is 12.8 Å². The van der Waals surface area contributed by atoms with Crippen LogP contribution in [0.1, 0.15) is 38.5 Å². The number of anilines is 1. The Morgan fingerprint density at radius 2 is 1.65 bits per heavy atom. The van der Waals surface area contributed by atoms with Crippen molar-refractivity contribution < 1.29 is 23.7 Å². The third-order valence-corrected chi connectivity index (χ3v) is 7.44. The Balaban J connectivity index is 0.00000380. The number of methoxy groups -OCH3 is 3. The molecule has 204 valence electrons. The summed E-state index contributed by atoms with van der Waals surface area (Å²) in [6.07, 6.45) is 7.08. The number of likely N-dealkylation sites (tertiary alicyclic amines) is 1. The van der Waals surface area contributed by atoms with Crippen molar-refractivity contribution in [2.24, 2.45) is 5.92 Å². The van der Waals surface area contributed by atoms with E-state index in [1.807, 2.05) is 42.5 Å².